The van der Waals surface area contributed by atoms with E-state index in [-0.39, 0.29) is 12.1 Å². The van der Waals surface area contributed by atoms with Gasteiger partial charge >= 0.3 is 6.09 Å². The standard InChI is InChI=1S/C16H25N3O2/c1-12-7-8-14(10-17-12)19-9-5-6-13(11-19)18-15(20)21-16(2,3)4/h7-8,10,13H,5-6,9,11H2,1-4H3,(H,18,20). The Balaban J connectivity index is 1.91. The van der Waals surface area contributed by atoms with Crippen molar-refractivity contribution in [3.8, 4) is 0 Å². The van der Waals surface area contributed by atoms with E-state index in [4.69, 9.17) is 4.74 Å². The second kappa shape index (κ2) is 6.33. The summed E-state index contributed by atoms with van der Waals surface area (Å²) in [5, 5.41) is 2.96. The molecule has 2 rings (SSSR count). The molecule has 5 heteroatoms. The minimum absolute atomic E-state index is 0.120. The first-order chi connectivity index (χ1) is 9.83. The highest BCUT2D eigenvalue weighted by Gasteiger charge is 2.24. The van der Waals surface area contributed by atoms with Gasteiger partial charge in [-0.3, -0.25) is 4.98 Å². The summed E-state index contributed by atoms with van der Waals surface area (Å²) < 4.78 is 5.32. The lowest BCUT2D eigenvalue weighted by Crippen LogP contribution is -2.49. The summed E-state index contributed by atoms with van der Waals surface area (Å²) in [5.41, 5.74) is 1.66. The summed E-state index contributed by atoms with van der Waals surface area (Å²) >= 11 is 0. The number of ether oxygens (including phenoxy) is 1. The van der Waals surface area contributed by atoms with Gasteiger partial charge in [0, 0.05) is 24.8 Å². The van der Waals surface area contributed by atoms with Crippen LogP contribution in [0.3, 0.4) is 0 Å². The maximum absolute atomic E-state index is 11.9. The van der Waals surface area contributed by atoms with Crippen LogP contribution in [0, 0.1) is 6.92 Å². The molecule has 0 bridgehead atoms. The van der Waals surface area contributed by atoms with Gasteiger partial charge in [0.15, 0.2) is 0 Å². The number of carbonyl (C=O) groups is 1. The Labute approximate surface area is 126 Å². The molecule has 0 spiro atoms. The molecule has 0 aromatic carbocycles. The predicted octanol–water partition coefficient (Wildman–Crippen LogP) is 2.88. The molecule has 1 saturated heterocycles. The van der Waals surface area contributed by atoms with Crippen molar-refractivity contribution in [2.75, 3.05) is 18.0 Å². The van der Waals surface area contributed by atoms with Crippen LogP contribution in [0.2, 0.25) is 0 Å². The van der Waals surface area contributed by atoms with Crippen LogP contribution in [0.4, 0.5) is 10.5 Å². The van der Waals surface area contributed by atoms with Gasteiger partial charge in [-0.05, 0) is 52.7 Å². The van der Waals surface area contributed by atoms with Crippen molar-refractivity contribution >= 4 is 11.8 Å². The second-order valence-corrected chi connectivity index (χ2v) is 6.59. The van der Waals surface area contributed by atoms with Gasteiger partial charge in [0.05, 0.1) is 11.9 Å². The van der Waals surface area contributed by atoms with Gasteiger partial charge in [-0.1, -0.05) is 0 Å². The van der Waals surface area contributed by atoms with Crippen LogP contribution < -0.4 is 10.2 Å². The average Bonchev–Trinajstić information content (AvgIpc) is 2.37. The molecule has 1 aliphatic heterocycles. The molecule has 5 nitrogen and oxygen atoms in total. The maximum atomic E-state index is 11.9. The summed E-state index contributed by atoms with van der Waals surface area (Å²) in [6.45, 7) is 9.39. The predicted molar refractivity (Wildman–Crippen MR) is 83.6 cm³/mol. The summed E-state index contributed by atoms with van der Waals surface area (Å²) in [5.74, 6) is 0. The van der Waals surface area contributed by atoms with E-state index in [1.54, 1.807) is 0 Å². The van der Waals surface area contributed by atoms with Crippen molar-refractivity contribution in [2.24, 2.45) is 0 Å². The Morgan fingerprint density at radius 1 is 1.43 bits per heavy atom. The van der Waals surface area contributed by atoms with Crippen LogP contribution >= 0.6 is 0 Å². The molecule has 0 radical (unpaired) electrons. The first kappa shape index (κ1) is 15.6. The Hall–Kier alpha value is -1.78. The lowest BCUT2D eigenvalue weighted by Gasteiger charge is -2.34. The number of aromatic nitrogens is 1. The average molecular weight is 291 g/mol. The smallest absolute Gasteiger partial charge is 0.407 e. The third-order valence-electron chi connectivity index (χ3n) is 3.40. The van der Waals surface area contributed by atoms with Crippen molar-refractivity contribution < 1.29 is 9.53 Å². The summed E-state index contributed by atoms with van der Waals surface area (Å²) in [6, 6.07) is 4.22. The molecule has 0 saturated carbocycles. The van der Waals surface area contributed by atoms with Gasteiger partial charge in [0.1, 0.15) is 5.60 Å². The van der Waals surface area contributed by atoms with E-state index in [0.717, 1.165) is 37.3 Å². The zero-order valence-electron chi connectivity index (χ0n) is 13.3. The number of nitrogens with zero attached hydrogens (tertiary/aromatic N) is 2. The van der Waals surface area contributed by atoms with Crippen LogP contribution in [0.15, 0.2) is 18.3 Å². The molecule has 21 heavy (non-hydrogen) atoms. The SMILES string of the molecule is Cc1ccc(N2CCCC(NC(=O)OC(C)(C)C)C2)cn1. The fraction of sp³-hybridized carbons (Fsp3) is 0.625. The van der Waals surface area contributed by atoms with Gasteiger partial charge in [-0.25, -0.2) is 4.79 Å². The van der Waals surface area contributed by atoms with Gasteiger partial charge < -0.3 is 15.0 Å². The molecule has 1 amide bonds. The molecule has 1 aromatic rings. The molecule has 116 valence electrons. The lowest BCUT2D eigenvalue weighted by molar-refractivity contribution is 0.0500. The number of nitrogens with one attached hydrogen (secondary N) is 1. The number of anilines is 1. The monoisotopic (exact) mass is 291 g/mol. The minimum Gasteiger partial charge on any atom is -0.444 e. The van der Waals surface area contributed by atoms with Gasteiger partial charge in [-0.2, -0.15) is 0 Å². The minimum atomic E-state index is -0.459. The Bertz CT molecular complexity index is 479. The normalized spacial score (nSPS) is 19.2. The molecule has 1 atom stereocenters. The number of aryl methyl sites for hydroxylation is 1. The number of rotatable bonds is 2. The summed E-state index contributed by atoms with van der Waals surface area (Å²) in [7, 11) is 0. The van der Waals surface area contributed by atoms with Crippen LogP contribution in [-0.4, -0.2) is 35.8 Å². The Morgan fingerprint density at radius 2 is 2.19 bits per heavy atom. The van der Waals surface area contributed by atoms with Crippen LogP contribution in [0.5, 0.6) is 0 Å². The molecule has 2 heterocycles. The number of carbonyl (C=O) groups excluding carboxylic acids is 1. The highest BCUT2D eigenvalue weighted by atomic mass is 16.6. The highest BCUT2D eigenvalue weighted by molar-refractivity contribution is 5.68. The number of pyridine rings is 1. The van der Waals surface area contributed by atoms with E-state index in [2.05, 4.69) is 21.3 Å². The van der Waals surface area contributed by atoms with Crippen molar-refractivity contribution in [2.45, 2.75) is 52.2 Å². The van der Waals surface area contributed by atoms with Crippen LogP contribution in [-0.2, 0) is 4.74 Å². The molecule has 1 aliphatic rings. The number of piperidine rings is 1. The van der Waals surface area contributed by atoms with Gasteiger partial charge in [0.25, 0.3) is 0 Å². The highest BCUT2D eigenvalue weighted by Crippen LogP contribution is 2.19. The molecular formula is C16H25N3O2. The van der Waals surface area contributed by atoms with E-state index in [9.17, 15) is 4.79 Å². The number of hydrogen-bond donors (Lipinski definition) is 1. The molecule has 1 N–H and O–H groups in total. The van der Waals surface area contributed by atoms with E-state index in [1.165, 1.54) is 0 Å². The third-order valence-corrected chi connectivity index (χ3v) is 3.40. The summed E-state index contributed by atoms with van der Waals surface area (Å²) in [6.07, 6.45) is 3.59. The van der Waals surface area contributed by atoms with Crippen molar-refractivity contribution in [1.29, 1.82) is 0 Å². The quantitative estimate of drug-likeness (QED) is 0.910. The molecule has 1 unspecified atom stereocenters. The maximum Gasteiger partial charge on any atom is 0.407 e. The van der Waals surface area contributed by atoms with E-state index < -0.39 is 5.60 Å². The largest absolute Gasteiger partial charge is 0.444 e. The fourth-order valence-electron chi connectivity index (χ4n) is 2.45. The summed E-state index contributed by atoms with van der Waals surface area (Å²) in [4.78, 5) is 18.4. The number of hydrogen-bond acceptors (Lipinski definition) is 4. The van der Waals surface area contributed by atoms with Gasteiger partial charge in [-0.15, -0.1) is 0 Å². The molecule has 1 aromatic heterocycles. The molecule has 1 fully saturated rings. The first-order valence-corrected chi connectivity index (χ1v) is 7.50. The van der Waals surface area contributed by atoms with Gasteiger partial charge in [0.2, 0.25) is 0 Å². The second-order valence-electron chi connectivity index (χ2n) is 6.59. The van der Waals surface area contributed by atoms with E-state index >= 15 is 0 Å². The van der Waals surface area contributed by atoms with E-state index in [0.29, 0.717) is 0 Å². The van der Waals surface area contributed by atoms with Crippen molar-refractivity contribution in [1.82, 2.24) is 10.3 Å². The zero-order chi connectivity index (χ0) is 15.5. The Morgan fingerprint density at radius 3 is 2.81 bits per heavy atom. The van der Waals surface area contributed by atoms with Crippen LogP contribution in [0.1, 0.15) is 39.3 Å². The van der Waals surface area contributed by atoms with E-state index in [1.807, 2.05) is 40.0 Å². The third kappa shape index (κ3) is 4.92. The fourth-order valence-corrected chi connectivity index (χ4v) is 2.45. The van der Waals surface area contributed by atoms with Crippen molar-refractivity contribution in [3.63, 3.8) is 0 Å². The molecular weight excluding hydrogens is 266 g/mol. The van der Waals surface area contributed by atoms with Crippen LogP contribution in [0.25, 0.3) is 0 Å². The molecule has 0 aliphatic carbocycles. The number of amides is 1. The Kier molecular flexibility index (Phi) is 4.70. The lowest BCUT2D eigenvalue weighted by atomic mass is 10.1. The first-order valence-electron chi connectivity index (χ1n) is 7.50. The topological polar surface area (TPSA) is 54.5 Å². The van der Waals surface area contributed by atoms with Crippen molar-refractivity contribution in [3.05, 3.63) is 24.0 Å². The zero-order valence-corrected chi connectivity index (χ0v) is 13.3. The number of alkyl carbamates (subject to hydrolysis) is 1.